The molecule has 1 aliphatic heterocycles. The van der Waals surface area contributed by atoms with Crippen LogP contribution >= 0.6 is 24.0 Å². The lowest BCUT2D eigenvalue weighted by Gasteiger charge is -2.18. The molecule has 116 valence electrons. The molecule has 3 rings (SSSR count). The second kappa shape index (κ2) is 6.69. The first kappa shape index (κ1) is 16.0. The third kappa shape index (κ3) is 3.38. The van der Waals surface area contributed by atoms with Gasteiger partial charge in [0.05, 0.1) is 4.91 Å². The lowest BCUT2D eigenvalue weighted by atomic mass is 10.0. The maximum atomic E-state index is 12.4. The molecule has 1 saturated heterocycles. The fourth-order valence-corrected chi connectivity index (χ4v) is 4.00. The predicted molar refractivity (Wildman–Crippen MR) is 102 cm³/mol. The maximum Gasteiger partial charge on any atom is 0.266 e. The standard InChI is InChI=1S/C19H17NOS2/c1-13(2)20-18(21)17(23-19(20)22)12-14-8-10-16(11-9-14)15-6-4-3-5-7-15/h3-13H,1-2H3/b17-12-. The Kier molecular flexibility index (Phi) is 4.64. The van der Waals surface area contributed by atoms with Crippen molar-refractivity contribution in [3.05, 3.63) is 65.1 Å². The Morgan fingerprint density at radius 3 is 2.17 bits per heavy atom. The van der Waals surface area contributed by atoms with Crippen molar-refractivity contribution in [1.82, 2.24) is 4.90 Å². The second-order valence-corrected chi connectivity index (χ2v) is 7.31. The Hall–Kier alpha value is -1.91. The van der Waals surface area contributed by atoms with Crippen LogP contribution in [0, 0.1) is 0 Å². The molecule has 1 amide bonds. The lowest BCUT2D eigenvalue weighted by Crippen LogP contribution is -2.34. The van der Waals surface area contributed by atoms with E-state index < -0.39 is 0 Å². The smallest absolute Gasteiger partial charge is 0.266 e. The topological polar surface area (TPSA) is 20.3 Å². The highest BCUT2D eigenvalue weighted by Crippen LogP contribution is 2.34. The van der Waals surface area contributed by atoms with Crippen molar-refractivity contribution in [2.45, 2.75) is 19.9 Å². The first-order valence-electron chi connectivity index (χ1n) is 7.49. The molecule has 0 saturated carbocycles. The van der Waals surface area contributed by atoms with Crippen molar-refractivity contribution >= 4 is 40.3 Å². The molecule has 4 heteroatoms. The molecule has 0 atom stereocenters. The number of nitrogens with zero attached hydrogens (tertiary/aromatic N) is 1. The van der Waals surface area contributed by atoms with E-state index in [1.54, 1.807) is 4.90 Å². The van der Waals surface area contributed by atoms with Crippen LogP contribution in [0.4, 0.5) is 0 Å². The lowest BCUT2D eigenvalue weighted by molar-refractivity contribution is -0.123. The van der Waals surface area contributed by atoms with Gasteiger partial charge >= 0.3 is 0 Å². The highest BCUT2D eigenvalue weighted by Gasteiger charge is 2.33. The average molecular weight is 339 g/mol. The van der Waals surface area contributed by atoms with E-state index in [1.165, 1.54) is 17.3 Å². The van der Waals surface area contributed by atoms with Crippen LogP contribution in [-0.4, -0.2) is 21.2 Å². The van der Waals surface area contributed by atoms with Gasteiger partial charge < -0.3 is 0 Å². The van der Waals surface area contributed by atoms with Crippen LogP contribution in [0.25, 0.3) is 17.2 Å². The SMILES string of the molecule is CC(C)N1C(=O)/C(=C/c2ccc(-c3ccccc3)cc2)SC1=S. The van der Waals surface area contributed by atoms with Gasteiger partial charge in [0.25, 0.3) is 5.91 Å². The van der Waals surface area contributed by atoms with E-state index in [0.717, 1.165) is 11.1 Å². The van der Waals surface area contributed by atoms with Gasteiger partial charge in [0, 0.05) is 6.04 Å². The number of rotatable bonds is 3. The van der Waals surface area contributed by atoms with Crippen molar-refractivity contribution in [2.24, 2.45) is 0 Å². The summed E-state index contributed by atoms with van der Waals surface area (Å²) in [6.07, 6.45) is 1.91. The molecule has 0 spiro atoms. The van der Waals surface area contributed by atoms with Crippen molar-refractivity contribution in [2.75, 3.05) is 0 Å². The number of carbonyl (C=O) groups is 1. The van der Waals surface area contributed by atoms with Crippen LogP contribution in [0.5, 0.6) is 0 Å². The van der Waals surface area contributed by atoms with Gasteiger partial charge in [-0.05, 0) is 36.6 Å². The molecular weight excluding hydrogens is 322 g/mol. The van der Waals surface area contributed by atoms with Crippen LogP contribution in [0.2, 0.25) is 0 Å². The molecule has 2 aromatic carbocycles. The molecule has 0 bridgehead atoms. The van der Waals surface area contributed by atoms with Crippen molar-refractivity contribution < 1.29 is 4.79 Å². The van der Waals surface area contributed by atoms with Crippen LogP contribution < -0.4 is 0 Å². The molecule has 0 aromatic heterocycles. The van der Waals surface area contributed by atoms with Gasteiger partial charge in [-0.3, -0.25) is 9.69 Å². The monoisotopic (exact) mass is 339 g/mol. The molecule has 2 aromatic rings. The molecular formula is C19H17NOS2. The summed E-state index contributed by atoms with van der Waals surface area (Å²) in [7, 11) is 0. The van der Waals surface area contributed by atoms with Gasteiger partial charge in [0.1, 0.15) is 4.32 Å². The normalized spacial score (nSPS) is 16.7. The van der Waals surface area contributed by atoms with E-state index in [-0.39, 0.29) is 11.9 Å². The van der Waals surface area contributed by atoms with E-state index in [4.69, 9.17) is 12.2 Å². The minimum Gasteiger partial charge on any atom is -0.290 e. The first-order chi connectivity index (χ1) is 11.1. The summed E-state index contributed by atoms with van der Waals surface area (Å²) >= 11 is 6.67. The molecule has 2 nitrogen and oxygen atoms in total. The fraction of sp³-hybridized carbons (Fsp3) is 0.158. The average Bonchev–Trinajstić information content (AvgIpc) is 2.83. The largest absolute Gasteiger partial charge is 0.290 e. The summed E-state index contributed by atoms with van der Waals surface area (Å²) in [5, 5.41) is 0. The molecule has 0 N–H and O–H groups in total. The third-order valence-corrected chi connectivity index (χ3v) is 4.99. The highest BCUT2D eigenvalue weighted by atomic mass is 32.2. The van der Waals surface area contributed by atoms with Crippen LogP contribution in [-0.2, 0) is 4.79 Å². The van der Waals surface area contributed by atoms with Crippen molar-refractivity contribution in [1.29, 1.82) is 0 Å². The second-order valence-electron chi connectivity index (χ2n) is 5.63. The van der Waals surface area contributed by atoms with E-state index in [1.807, 2.05) is 50.3 Å². The molecule has 1 fully saturated rings. The van der Waals surface area contributed by atoms with Crippen molar-refractivity contribution in [3.63, 3.8) is 0 Å². The number of benzene rings is 2. The number of hydrogen-bond acceptors (Lipinski definition) is 3. The Labute approximate surface area is 146 Å². The summed E-state index contributed by atoms with van der Waals surface area (Å²) in [5.74, 6) is 0.00198. The number of hydrogen-bond donors (Lipinski definition) is 0. The van der Waals surface area contributed by atoms with Crippen LogP contribution in [0.3, 0.4) is 0 Å². The molecule has 1 aliphatic rings. The number of carbonyl (C=O) groups excluding carboxylic acids is 1. The number of thiocarbonyl (C=S) groups is 1. The molecule has 23 heavy (non-hydrogen) atoms. The maximum absolute atomic E-state index is 12.4. The minimum atomic E-state index is 0.00198. The van der Waals surface area contributed by atoms with E-state index in [9.17, 15) is 4.79 Å². The summed E-state index contributed by atoms with van der Waals surface area (Å²) in [6, 6.07) is 18.5. The zero-order valence-corrected chi connectivity index (χ0v) is 14.7. The number of amides is 1. The van der Waals surface area contributed by atoms with Gasteiger partial charge in [-0.2, -0.15) is 0 Å². The minimum absolute atomic E-state index is 0.00198. The fourth-order valence-electron chi connectivity index (χ4n) is 2.48. The zero-order valence-electron chi connectivity index (χ0n) is 13.0. The summed E-state index contributed by atoms with van der Waals surface area (Å²) < 4.78 is 0.636. The number of thioether (sulfide) groups is 1. The van der Waals surface area contributed by atoms with E-state index in [2.05, 4.69) is 24.3 Å². The van der Waals surface area contributed by atoms with Crippen LogP contribution in [0.1, 0.15) is 19.4 Å². The van der Waals surface area contributed by atoms with E-state index >= 15 is 0 Å². The van der Waals surface area contributed by atoms with Gasteiger partial charge in [0.15, 0.2) is 0 Å². The Morgan fingerprint density at radius 1 is 1.00 bits per heavy atom. The third-order valence-electron chi connectivity index (χ3n) is 3.66. The molecule has 0 aliphatic carbocycles. The van der Waals surface area contributed by atoms with Crippen LogP contribution in [0.15, 0.2) is 59.5 Å². The predicted octanol–water partition coefficient (Wildman–Crippen LogP) is 4.96. The molecule has 1 heterocycles. The Bertz CT molecular complexity index is 764. The molecule has 0 radical (unpaired) electrons. The quantitative estimate of drug-likeness (QED) is 0.582. The Balaban J connectivity index is 1.84. The Morgan fingerprint density at radius 2 is 1.61 bits per heavy atom. The van der Waals surface area contributed by atoms with Crippen molar-refractivity contribution in [3.8, 4) is 11.1 Å². The molecule has 0 unspecified atom stereocenters. The van der Waals surface area contributed by atoms with Gasteiger partial charge in [0.2, 0.25) is 0 Å². The summed E-state index contributed by atoms with van der Waals surface area (Å²) in [6.45, 7) is 3.95. The summed E-state index contributed by atoms with van der Waals surface area (Å²) in [4.78, 5) is 14.8. The van der Waals surface area contributed by atoms with E-state index in [0.29, 0.717) is 9.23 Å². The van der Waals surface area contributed by atoms with Gasteiger partial charge in [-0.25, -0.2) is 0 Å². The summed E-state index contributed by atoms with van der Waals surface area (Å²) in [5.41, 5.74) is 3.36. The van der Waals surface area contributed by atoms with Gasteiger partial charge in [-0.15, -0.1) is 0 Å². The van der Waals surface area contributed by atoms with Gasteiger partial charge in [-0.1, -0.05) is 78.6 Å². The highest BCUT2D eigenvalue weighted by molar-refractivity contribution is 8.26. The first-order valence-corrected chi connectivity index (χ1v) is 8.71. The zero-order chi connectivity index (χ0) is 16.4.